The standard InChI is InChI=1S/C18H26N6O.HI/c1-3-14-12-16(25-23-14)13-21-18(19-2)22-15-7-10-24(11-8-15)17-6-4-5-9-20-17;/h4-6,9,12,15H,3,7-8,10-11,13H2,1-2H3,(H2,19,21,22);1H. The maximum absolute atomic E-state index is 5.29. The van der Waals surface area contributed by atoms with Gasteiger partial charge in [0.1, 0.15) is 5.82 Å². The highest BCUT2D eigenvalue weighted by Gasteiger charge is 2.20. The van der Waals surface area contributed by atoms with E-state index in [9.17, 15) is 0 Å². The highest BCUT2D eigenvalue weighted by Crippen LogP contribution is 2.17. The number of anilines is 1. The number of aryl methyl sites for hydroxylation is 1. The Morgan fingerprint density at radius 1 is 1.35 bits per heavy atom. The van der Waals surface area contributed by atoms with Gasteiger partial charge in [0, 0.05) is 38.4 Å². The number of nitrogens with zero attached hydrogens (tertiary/aromatic N) is 4. The van der Waals surface area contributed by atoms with Crippen LogP contribution in [-0.4, -0.2) is 42.3 Å². The second-order valence-corrected chi connectivity index (χ2v) is 6.16. The number of aromatic nitrogens is 2. The molecule has 2 aromatic heterocycles. The zero-order valence-electron chi connectivity index (χ0n) is 15.3. The monoisotopic (exact) mass is 470 g/mol. The molecule has 0 unspecified atom stereocenters. The van der Waals surface area contributed by atoms with Crippen molar-refractivity contribution in [3.05, 3.63) is 41.9 Å². The topological polar surface area (TPSA) is 78.6 Å². The second-order valence-electron chi connectivity index (χ2n) is 6.16. The molecule has 7 nitrogen and oxygen atoms in total. The summed E-state index contributed by atoms with van der Waals surface area (Å²) >= 11 is 0. The molecular weight excluding hydrogens is 443 g/mol. The molecule has 0 amide bonds. The van der Waals surface area contributed by atoms with E-state index in [1.807, 2.05) is 24.4 Å². The van der Waals surface area contributed by atoms with E-state index in [4.69, 9.17) is 4.52 Å². The van der Waals surface area contributed by atoms with Crippen molar-refractivity contribution in [2.24, 2.45) is 4.99 Å². The van der Waals surface area contributed by atoms with Crippen molar-refractivity contribution in [2.45, 2.75) is 38.8 Å². The van der Waals surface area contributed by atoms with Crippen LogP contribution < -0.4 is 15.5 Å². The van der Waals surface area contributed by atoms with Gasteiger partial charge in [0.15, 0.2) is 11.7 Å². The van der Waals surface area contributed by atoms with Crippen LogP contribution >= 0.6 is 24.0 Å². The summed E-state index contributed by atoms with van der Waals surface area (Å²) in [6, 6.07) is 8.44. The zero-order valence-corrected chi connectivity index (χ0v) is 17.6. The fourth-order valence-electron chi connectivity index (χ4n) is 2.96. The van der Waals surface area contributed by atoms with Crippen LogP contribution in [-0.2, 0) is 13.0 Å². The number of pyridine rings is 1. The fraction of sp³-hybridized carbons (Fsp3) is 0.500. The molecule has 3 rings (SSSR count). The molecule has 8 heteroatoms. The number of hydrogen-bond acceptors (Lipinski definition) is 5. The van der Waals surface area contributed by atoms with Crippen LogP contribution in [0, 0.1) is 0 Å². The predicted octanol–water partition coefficient (Wildman–Crippen LogP) is 2.58. The second kappa shape index (κ2) is 10.3. The Morgan fingerprint density at radius 2 is 2.15 bits per heavy atom. The first kappa shape index (κ1) is 20.5. The Kier molecular flexibility index (Phi) is 8.14. The van der Waals surface area contributed by atoms with Crippen LogP contribution in [0.2, 0.25) is 0 Å². The third kappa shape index (κ3) is 5.58. The largest absolute Gasteiger partial charge is 0.359 e. The van der Waals surface area contributed by atoms with Crippen LogP contribution in [0.3, 0.4) is 0 Å². The molecule has 0 bridgehead atoms. The molecule has 0 atom stereocenters. The van der Waals surface area contributed by atoms with Gasteiger partial charge in [-0.15, -0.1) is 24.0 Å². The van der Waals surface area contributed by atoms with E-state index in [0.717, 1.165) is 55.6 Å². The minimum absolute atomic E-state index is 0. The lowest BCUT2D eigenvalue weighted by Crippen LogP contribution is -2.48. The van der Waals surface area contributed by atoms with Crippen LogP contribution in [0.25, 0.3) is 0 Å². The van der Waals surface area contributed by atoms with E-state index >= 15 is 0 Å². The number of piperidine rings is 1. The molecule has 0 saturated carbocycles. The molecule has 26 heavy (non-hydrogen) atoms. The summed E-state index contributed by atoms with van der Waals surface area (Å²) in [7, 11) is 1.79. The van der Waals surface area contributed by atoms with Gasteiger partial charge in [-0.05, 0) is 31.4 Å². The Hall–Kier alpha value is -1.84. The molecule has 1 fully saturated rings. The summed E-state index contributed by atoms with van der Waals surface area (Å²) in [6.45, 7) is 4.63. The quantitative estimate of drug-likeness (QED) is 0.398. The average molecular weight is 470 g/mol. The predicted molar refractivity (Wildman–Crippen MR) is 114 cm³/mol. The molecule has 0 radical (unpaired) electrons. The Morgan fingerprint density at radius 3 is 2.77 bits per heavy atom. The molecule has 0 aliphatic carbocycles. The van der Waals surface area contributed by atoms with E-state index in [1.54, 1.807) is 7.05 Å². The molecule has 142 valence electrons. The minimum Gasteiger partial charge on any atom is -0.359 e. The molecule has 0 aromatic carbocycles. The first-order valence-corrected chi connectivity index (χ1v) is 8.86. The van der Waals surface area contributed by atoms with Crippen molar-refractivity contribution >= 4 is 35.8 Å². The Bertz CT molecular complexity index is 682. The Balaban J connectivity index is 0.00000243. The third-order valence-electron chi connectivity index (χ3n) is 4.43. The molecule has 2 N–H and O–H groups in total. The van der Waals surface area contributed by atoms with E-state index < -0.39 is 0 Å². The van der Waals surface area contributed by atoms with Crippen LogP contribution in [0.5, 0.6) is 0 Å². The summed E-state index contributed by atoms with van der Waals surface area (Å²) in [4.78, 5) is 11.1. The van der Waals surface area contributed by atoms with Gasteiger partial charge >= 0.3 is 0 Å². The molecule has 1 aliphatic heterocycles. The highest BCUT2D eigenvalue weighted by molar-refractivity contribution is 14.0. The van der Waals surface area contributed by atoms with Crippen molar-refractivity contribution in [1.82, 2.24) is 20.8 Å². The van der Waals surface area contributed by atoms with E-state index in [2.05, 4.69) is 43.7 Å². The van der Waals surface area contributed by atoms with Gasteiger partial charge < -0.3 is 20.1 Å². The van der Waals surface area contributed by atoms with Crippen molar-refractivity contribution in [3.63, 3.8) is 0 Å². The first-order valence-electron chi connectivity index (χ1n) is 8.86. The summed E-state index contributed by atoms with van der Waals surface area (Å²) in [5.41, 5.74) is 0.974. The smallest absolute Gasteiger partial charge is 0.191 e. The maximum atomic E-state index is 5.29. The SMILES string of the molecule is CCc1cc(CNC(=NC)NC2CCN(c3ccccn3)CC2)on1.I. The summed E-state index contributed by atoms with van der Waals surface area (Å²) < 4.78 is 5.29. The number of rotatable bonds is 5. The van der Waals surface area contributed by atoms with Gasteiger partial charge in [0.25, 0.3) is 0 Å². The normalized spacial score (nSPS) is 15.5. The highest BCUT2D eigenvalue weighted by atomic mass is 127. The van der Waals surface area contributed by atoms with Gasteiger partial charge in [-0.25, -0.2) is 4.98 Å². The third-order valence-corrected chi connectivity index (χ3v) is 4.43. The lowest BCUT2D eigenvalue weighted by Gasteiger charge is -2.33. The van der Waals surface area contributed by atoms with Gasteiger partial charge in [0.05, 0.1) is 12.2 Å². The minimum atomic E-state index is 0. The summed E-state index contributed by atoms with van der Waals surface area (Å²) in [5.74, 6) is 2.68. The van der Waals surface area contributed by atoms with Gasteiger partial charge in [0.2, 0.25) is 0 Å². The average Bonchev–Trinajstić information content (AvgIpc) is 3.14. The molecule has 3 heterocycles. The summed E-state index contributed by atoms with van der Waals surface area (Å²) in [5, 5.41) is 10.8. The zero-order chi connectivity index (χ0) is 17.5. The summed E-state index contributed by atoms with van der Waals surface area (Å²) in [6.07, 6.45) is 4.84. The van der Waals surface area contributed by atoms with Crippen molar-refractivity contribution in [3.8, 4) is 0 Å². The van der Waals surface area contributed by atoms with E-state index in [1.165, 1.54) is 0 Å². The van der Waals surface area contributed by atoms with Crippen molar-refractivity contribution < 1.29 is 4.52 Å². The van der Waals surface area contributed by atoms with Crippen molar-refractivity contribution in [2.75, 3.05) is 25.0 Å². The number of nitrogens with one attached hydrogen (secondary N) is 2. The van der Waals surface area contributed by atoms with Gasteiger partial charge in [-0.3, -0.25) is 4.99 Å². The van der Waals surface area contributed by atoms with Crippen molar-refractivity contribution in [1.29, 1.82) is 0 Å². The van der Waals surface area contributed by atoms with Gasteiger partial charge in [-0.2, -0.15) is 0 Å². The van der Waals surface area contributed by atoms with Gasteiger partial charge in [-0.1, -0.05) is 18.1 Å². The number of aliphatic imine (C=N–C) groups is 1. The lowest BCUT2D eigenvalue weighted by atomic mass is 10.1. The molecular formula is C18H27IN6O. The maximum Gasteiger partial charge on any atom is 0.191 e. The van der Waals surface area contributed by atoms with E-state index in [-0.39, 0.29) is 24.0 Å². The molecule has 2 aromatic rings. The van der Waals surface area contributed by atoms with Crippen LogP contribution in [0.15, 0.2) is 40.0 Å². The van der Waals surface area contributed by atoms with Crippen LogP contribution in [0.1, 0.15) is 31.2 Å². The van der Waals surface area contributed by atoms with E-state index in [0.29, 0.717) is 12.6 Å². The Labute approximate surface area is 171 Å². The number of halogens is 1. The number of guanidine groups is 1. The molecule has 1 saturated heterocycles. The molecule has 1 aliphatic rings. The van der Waals surface area contributed by atoms with Crippen LogP contribution in [0.4, 0.5) is 5.82 Å². The molecule has 0 spiro atoms. The number of hydrogen-bond donors (Lipinski definition) is 2. The first-order chi connectivity index (χ1) is 12.3. The fourth-order valence-corrected chi connectivity index (χ4v) is 2.96. The lowest BCUT2D eigenvalue weighted by molar-refractivity contribution is 0.374.